The molecular weight excluding hydrogens is 176 g/mol. The highest BCUT2D eigenvalue weighted by Gasteiger charge is 2.09. The van der Waals surface area contributed by atoms with Crippen LogP contribution in [0.4, 0.5) is 0 Å². The van der Waals surface area contributed by atoms with Gasteiger partial charge in [0.25, 0.3) is 0 Å². The maximum absolute atomic E-state index is 10.8. The van der Waals surface area contributed by atoms with Crippen molar-refractivity contribution in [2.24, 2.45) is 0 Å². The first-order valence-electron chi connectivity index (χ1n) is 3.39. The van der Waals surface area contributed by atoms with Crippen LogP contribution in [0, 0.1) is 5.21 Å². The van der Waals surface area contributed by atoms with Gasteiger partial charge in [-0.05, 0) is 17.0 Å². The number of carboxylic acid groups (broad SMARTS) is 1. The predicted molar refractivity (Wildman–Crippen MR) is 37.3 cm³/mol. The number of benzene rings is 1. The Morgan fingerprint density at radius 1 is 1.54 bits per heavy atom. The number of rotatable bonds is 1. The molecule has 0 N–H and O–H groups in total. The van der Waals surface area contributed by atoms with Gasteiger partial charge >= 0.3 is 0 Å². The van der Waals surface area contributed by atoms with Crippen LogP contribution in [0.2, 0.25) is 0 Å². The van der Waals surface area contributed by atoms with E-state index in [1.165, 1.54) is 18.2 Å². The van der Waals surface area contributed by atoms with Crippen LogP contribution in [0.15, 0.2) is 22.8 Å². The number of hydrogen-bond donors (Lipinski definition) is 0. The van der Waals surface area contributed by atoms with Gasteiger partial charge in [0.15, 0.2) is 0 Å². The van der Waals surface area contributed by atoms with Crippen molar-refractivity contribution in [1.82, 2.24) is 5.16 Å². The molecule has 0 amide bonds. The minimum Gasteiger partial charge on any atom is -0.545 e. The lowest BCUT2D eigenvalue weighted by Crippen LogP contribution is -2.24. The number of hydrogen-bond acceptors (Lipinski definition) is 5. The molecule has 1 heterocycles. The Hall–Kier alpha value is -2.11. The predicted octanol–water partition coefficient (Wildman–Crippen LogP) is -1.18. The molecule has 0 radical (unpaired) electrons. The number of nitrogens with zero attached hydrogens (tertiary/aromatic N) is 2. The van der Waals surface area contributed by atoms with Crippen molar-refractivity contribution < 1.29 is 19.4 Å². The molecule has 0 spiro atoms. The summed E-state index contributed by atoms with van der Waals surface area (Å²) in [5.74, 6) is -1.32. The van der Waals surface area contributed by atoms with E-state index in [0.29, 0.717) is 0 Å². The Kier molecular flexibility index (Phi) is 1.42. The van der Waals surface area contributed by atoms with Crippen LogP contribution in [-0.2, 0) is 0 Å². The number of aromatic carboxylic acids is 1. The van der Waals surface area contributed by atoms with E-state index >= 15 is 0 Å². The van der Waals surface area contributed by atoms with Crippen LogP contribution in [0.1, 0.15) is 10.4 Å². The van der Waals surface area contributed by atoms with Crippen molar-refractivity contribution in [2.45, 2.75) is 0 Å². The summed E-state index contributed by atoms with van der Waals surface area (Å²) >= 11 is 0. The Balaban J connectivity index is 2.70. The Bertz CT molecular complexity index is 476. The van der Waals surface area contributed by atoms with Crippen molar-refractivity contribution in [1.29, 1.82) is 0 Å². The highest BCUT2D eigenvalue weighted by atomic mass is 16.8. The molecule has 0 aliphatic rings. The molecular formula is C7H3N2O4-. The molecule has 2 rings (SSSR count). The number of carbonyl (C=O) groups excluding carboxylic acids is 1. The molecule has 0 saturated heterocycles. The second-order valence-corrected chi connectivity index (χ2v) is 2.42. The van der Waals surface area contributed by atoms with Gasteiger partial charge in [0, 0.05) is 16.8 Å². The van der Waals surface area contributed by atoms with Crippen molar-refractivity contribution >= 4 is 17.0 Å². The normalized spacial score (nSPS) is 10.5. The standard InChI is InChI=1S/C7H4N2O4/c10-7(11)4-1-2-6-5(3-4)8-13-9(6)12/h1-3H,(H,10,11)/p-1. The molecule has 2 aromatic rings. The van der Waals surface area contributed by atoms with E-state index in [1.54, 1.807) is 0 Å². The highest BCUT2D eigenvalue weighted by molar-refractivity contribution is 5.89. The summed E-state index contributed by atoms with van der Waals surface area (Å²) in [6.45, 7) is 0. The average molecular weight is 179 g/mol. The van der Waals surface area contributed by atoms with E-state index in [2.05, 4.69) is 9.79 Å². The highest BCUT2D eigenvalue weighted by Crippen LogP contribution is 2.09. The van der Waals surface area contributed by atoms with Crippen molar-refractivity contribution in [3.8, 4) is 0 Å². The SMILES string of the molecule is O=C([O-])c1ccc2c(c1)no[n+]2[O-]. The lowest BCUT2D eigenvalue weighted by Gasteiger charge is -1.97. The molecule has 6 nitrogen and oxygen atoms in total. The first-order chi connectivity index (χ1) is 6.18. The number of aromatic nitrogens is 2. The maximum atomic E-state index is 10.8. The van der Waals surface area contributed by atoms with Gasteiger partial charge in [-0.1, -0.05) is 0 Å². The molecule has 0 aliphatic carbocycles. The second kappa shape index (κ2) is 2.44. The topological polar surface area (TPSA) is 93.1 Å². The Labute approximate surface area is 71.5 Å². The third-order valence-electron chi connectivity index (χ3n) is 1.62. The lowest BCUT2D eigenvalue weighted by atomic mass is 10.2. The minimum absolute atomic E-state index is 0.0404. The molecule has 1 aromatic carbocycles. The first-order valence-corrected chi connectivity index (χ1v) is 3.39. The zero-order valence-electron chi connectivity index (χ0n) is 6.26. The fraction of sp³-hybridized carbons (Fsp3) is 0. The van der Waals surface area contributed by atoms with Gasteiger partial charge in [-0.3, -0.25) is 4.63 Å². The minimum atomic E-state index is -1.32. The van der Waals surface area contributed by atoms with Crippen LogP contribution in [-0.4, -0.2) is 11.1 Å². The van der Waals surface area contributed by atoms with Gasteiger partial charge in [-0.2, -0.15) is 0 Å². The molecule has 66 valence electrons. The van der Waals surface area contributed by atoms with E-state index in [4.69, 9.17) is 0 Å². The van der Waals surface area contributed by atoms with E-state index in [1.807, 2.05) is 0 Å². The second-order valence-electron chi connectivity index (χ2n) is 2.42. The van der Waals surface area contributed by atoms with Gasteiger partial charge in [-0.25, -0.2) is 0 Å². The van der Waals surface area contributed by atoms with Crippen LogP contribution < -0.4 is 10.0 Å². The van der Waals surface area contributed by atoms with Crippen LogP contribution >= 0.6 is 0 Å². The summed E-state index contributed by atoms with van der Waals surface area (Å²) in [6.07, 6.45) is 0. The summed E-state index contributed by atoms with van der Waals surface area (Å²) in [5, 5.41) is 24.5. The largest absolute Gasteiger partial charge is 0.545 e. The van der Waals surface area contributed by atoms with Crippen molar-refractivity contribution in [2.75, 3.05) is 0 Å². The smallest absolute Gasteiger partial charge is 0.249 e. The molecule has 0 unspecified atom stereocenters. The Morgan fingerprint density at radius 2 is 2.31 bits per heavy atom. The van der Waals surface area contributed by atoms with Gasteiger partial charge < -0.3 is 15.1 Å². The summed E-state index contributed by atoms with van der Waals surface area (Å²) < 4.78 is 4.25. The van der Waals surface area contributed by atoms with E-state index < -0.39 is 5.97 Å². The zero-order valence-corrected chi connectivity index (χ0v) is 6.26. The third kappa shape index (κ3) is 1.08. The van der Waals surface area contributed by atoms with E-state index in [-0.39, 0.29) is 21.5 Å². The number of fused-ring (bicyclic) bond motifs is 1. The third-order valence-corrected chi connectivity index (χ3v) is 1.62. The fourth-order valence-corrected chi connectivity index (χ4v) is 1.00. The average Bonchev–Trinajstić information content (AvgIpc) is 2.47. The molecule has 0 bridgehead atoms. The summed E-state index contributed by atoms with van der Waals surface area (Å²) in [7, 11) is 0. The monoisotopic (exact) mass is 179 g/mol. The molecule has 0 atom stereocenters. The van der Waals surface area contributed by atoms with E-state index in [0.717, 1.165) is 0 Å². The summed E-state index contributed by atoms with van der Waals surface area (Å²) in [6, 6.07) is 3.77. The lowest BCUT2D eigenvalue weighted by molar-refractivity contribution is -0.782. The number of carbonyl (C=O) groups is 1. The molecule has 6 heteroatoms. The van der Waals surface area contributed by atoms with E-state index in [9.17, 15) is 15.1 Å². The van der Waals surface area contributed by atoms with Crippen LogP contribution in [0.5, 0.6) is 0 Å². The molecule has 13 heavy (non-hydrogen) atoms. The zero-order chi connectivity index (χ0) is 9.42. The molecule has 0 aliphatic heterocycles. The van der Waals surface area contributed by atoms with Crippen LogP contribution in [0.25, 0.3) is 11.0 Å². The van der Waals surface area contributed by atoms with Gasteiger partial charge in [0.2, 0.25) is 11.0 Å². The maximum Gasteiger partial charge on any atom is 0.249 e. The molecule has 1 aromatic heterocycles. The van der Waals surface area contributed by atoms with Crippen molar-refractivity contribution in [3.63, 3.8) is 0 Å². The fourth-order valence-electron chi connectivity index (χ4n) is 1.00. The first kappa shape index (κ1) is 7.53. The quantitative estimate of drug-likeness (QED) is 0.514. The molecule has 0 saturated carbocycles. The summed E-state index contributed by atoms with van der Waals surface area (Å²) in [5.41, 5.74) is 0.336. The van der Waals surface area contributed by atoms with Gasteiger partial charge in [0.1, 0.15) is 0 Å². The Morgan fingerprint density at radius 3 is 3.00 bits per heavy atom. The van der Waals surface area contributed by atoms with Crippen molar-refractivity contribution in [3.05, 3.63) is 29.0 Å². The van der Waals surface area contributed by atoms with Gasteiger partial charge in [-0.15, -0.1) is 0 Å². The van der Waals surface area contributed by atoms with Crippen LogP contribution in [0.3, 0.4) is 0 Å². The molecule has 0 fully saturated rings. The number of carboxylic acids is 1. The summed E-state index contributed by atoms with van der Waals surface area (Å²) in [4.78, 5) is 10.6. The van der Waals surface area contributed by atoms with Gasteiger partial charge in [0.05, 0.1) is 5.97 Å².